The van der Waals surface area contributed by atoms with Crippen LogP contribution in [0.2, 0.25) is 0 Å². The molecule has 102 valence electrons. The van der Waals surface area contributed by atoms with E-state index in [1.165, 1.54) is 11.3 Å². The van der Waals surface area contributed by atoms with Crippen LogP contribution in [0.5, 0.6) is 0 Å². The molecule has 2 heterocycles. The molecule has 1 aliphatic rings. The summed E-state index contributed by atoms with van der Waals surface area (Å²) in [6.07, 6.45) is 0. The van der Waals surface area contributed by atoms with Crippen LogP contribution in [0.4, 0.5) is 0 Å². The van der Waals surface area contributed by atoms with Crippen molar-refractivity contribution in [2.75, 3.05) is 26.2 Å². The predicted molar refractivity (Wildman–Crippen MR) is 76.2 cm³/mol. The average molecular weight is 278 g/mol. The molecule has 0 unspecified atom stereocenters. The van der Waals surface area contributed by atoms with E-state index in [9.17, 15) is 4.79 Å². The number of carbonyl (C=O) groups is 1. The lowest BCUT2D eigenvalue weighted by molar-refractivity contribution is -0.0763. The van der Waals surface area contributed by atoms with Gasteiger partial charge in [-0.1, -0.05) is 11.8 Å². The molecule has 0 saturated carbocycles. The molecule has 1 fully saturated rings. The van der Waals surface area contributed by atoms with Gasteiger partial charge in [-0.05, 0) is 25.3 Å². The maximum Gasteiger partial charge on any atom is 0.265 e. The zero-order chi connectivity index (χ0) is 13.9. The Morgan fingerprint density at radius 3 is 3.11 bits per heavy atom. The summed E-state index contributed by atoms with van der Waals surface area (Å²) in [5.74, 6) is 5.78. The molecule has 1 aliphatic heterocycles. The lowest BCUT2D eigenvalue weighted by atomic mass is 10.1. The molecule has 0 radical (unpaired) electrons. The van der Waals surface area contributed by atoms with Gasteiger partial charge in [0.05, 0.1) is 18.8 Å². The van der Waals surface area contributed by atoms with Crippen LogP contribution in [0.1, 0.15) is 29.1 Å². The Kier molecular flexibility index (Phi) is 4.25. The predicted octanol–water partition coefficient (Wildman–Crippen LogP) is 1.31. The van der Waals surface area contributed by atoms with Crippen molar-refractivity contribution in [3.05, 3.63) is 21.9 Å². The van der Waals surface area contributed by atoms with Crippen LogP contribution in [-0.2, 0) is 4.74 Å². The number of carbonyl (C=O) groups excluding carboxylic acids is 1. The van der Waals surface area contributed by atoms with E-state index in [4.69, 9.17) is 10.5 Å². The Bertz CT molecular complexity index is 525. The molecule has 1 amide bonds. The number of ether oxygens (including phenoxy) is 1. The number of hydrogen-bond acceptors (Lipinski definition) is 4. The molecule has 0 spiro atoms. The second-order valence-corrected chi connectivity index (χ2v) is 5.92. The summed E-state index contributed by atoms with van der Waals surface area (Å²) >= 11 is 1.43. The molecule has 1 saturated heterocycles. The smallest absolute Gasteiger partial charge is 0.265 e. The summed E-state index contributed by atoms with van der Waals surface area (Å²) in [7, 11) is 0. The van der Waals surface area contributed by atoms with E-state index in [1.807, 2.05) is 30.2 Å². The number of thiophene rings is 1. The minimum atomic E-state index is -0.283. The van der Waals surface area contributed by atoms with Gasteiger partial charge in [-0.2, -0.15) is 0 Å². The number of morpholine rings is 1. The molecule has 0 bridgehead atoms. The van der Waals surface area contributed by atoms with E-state index < -0.39 is 0 Å². The molecule has 0 aliphatic carbocycles. The van der Waals surface area contributed by atoms with Crippen LogP contribution in [0.15, 0.2) is 11.4 Å². The first kappa shape index (κ1) is 14.1. The summed E-state index contributed by atoms with van der Waals surface area (Å²) < 4.78 is 5.62. The van der Waals surface area contributed by atoms with Gasteiger partial charge < -0.3 is 15.4 Å². The highest BCUT2D eigenvalue weighted by Crippen LogP contribution is 2.22. The maximum absolute atomic E-state index is 12.5. The van der Waals surface area contributed by atoms with Crippen LogP contribution in [0.25, 0.3) is 0 Å². The lowest BCUT2D eigenvalue weighted by Crippen LogP contribution is -2.50. The molecule has 19 heavy (non-hydrogen) atoms. The minimum absolute atomic E-state index is 0.0349. The van der Waals surface area contributed by atoms with Crippen LogP contribution in [-0.4, -0.2) is 42.6 Å². The van der Waals surface area contributed by atoms with Crippen molar-refractivity contribution in [1.82, 2.24) is 4.90 Å². The Labute approximate surface area is 117 Å². The van der Waals surface area contributed by atoms with Crippen molar-refractivity contribution < 1.29 is 9.53 Å². The first-order chi connectivity index (χ1) is 9.03. The molecule has 2 N–H and O–H groups in total. The van der Waals surface area contributed by atoms with Crippen molar-refractivity contribution in [3.63, 3.8) is 0 Å². The third-order valence-corrected chi connectivity index (χ3v) is 3.80. The number of rotatable bonds is 1. The van der Waals surface area contributed by atoms with Crippen molar-refractivity contribution in [2.24, 2.45) is 5.73 Å². The van der Waals surface area contributed by atoms with Gasteiger partial charge in [-0.3, -0.25) is 4.79 Å². The van der Waals surface area contributed by atoms with E-state index >= 15 is 0 Å². The fraction of sp³-hybridized carbons (Fsp3) is 0.500. The van der Waals surface area contributed by atoms with Crippen molar-refractivity contribution in [3.8, 4) is 11.8 Å². The summed E-state index contributed by atoms with van der Waals surface area (Å²) in [4.78, 5) is 15.0. The molecule has 1 aromatic heterocycles. The topological polar surface area (TPSA) is 55.6 Å². The lowest BCUT2D eigenvalue weighted by Gasteiger charge is -2.38. The largest absolute Gasteiger partial charge is 0.372 e. The number of hydrogen-bond donors (Lipinski definition) is 1. The van der Waals surface area contributed by atoms with Gasteiger partial charge in [0.2, 0.25) is 0 Å². The highest BCUT2D eigenvalue weighted by atomic mass is 32.1. The third-order valence-electron chi connectivity index (χ3n) is 2.90. The summed E-state index contributed by atoms with van der Waals surface area (Å²) in [6.45, 7) is 6.10. The van der Waals surface area contributed by atoms with Gasteiger partial charge in [0.1, 0.15) is 4.88 Å². The molecule has 4 nitrogen and oxygen atoms in total. The standard InChI is InChI=1S/C14H18N2O2S/c1-14(2)10-16(7-8-18-14)13(17)12-11(4-3-6-15)5-9-19-12/h5,9H,6-8,10,15H2,1-2H3. The monoisotopic (exact) mass is 278 g/mol. The van der Waals surface area contributed by atoms with Gasteiger partial charge in [-0.15, -0.1) is 11.3 Å². The molecular formula is C14H18N2O2S. The van der Waals surface area contributed by atoms with Crippen molar-refractivity contribution in [2.45, 2.75) is 19.4 Å². The SMILES string of the molecule is CC1(C)CN(C(=O)c2sccc2C#CCN)CCO1. The van der Waals surface area contributed by atoms with Gasteiger partial charge >= 0.3 is 0 Å². The van der Waals surface area contributed by atoms with E-state index in [-0.39, 0.29) is 11.5 Å². The van der Waals surface area contributed by atoms with Crippen molar-refractivity contribution >= 4 is 17.2 Å². The third kappa shape index (κ3) is 3.35. The van der Waals surface area contributed by atoms with Crippen LogP contribution >= 0.6 is 11.3 Å². The van der Waals surface area contributed by atoms with Gasteiger partial charge in [0.25, 0.3) is 5.91 Å². The van der Waals surface area contributed by atoms with Crippen LogP contribution < -0.4 is 5.73 Å². The van der Waals surface area contributed by atoms with E-state index in [1.54, 1.807) is 0 Å². The van der Waals surface area contributed by atoms with E-state index in [0.717, 1.165) is 5.56 Å². The summed E-state index contributed by atoms with van der Waals surface area (Å²) in [5.41, 5.74) is 5.85. The zero-order valence-electron chi connectivity index (χ0n) is 11.2. The second kappa shape index (κ2) is 5.74. The number of nitrogens with two attached hydrogens (primary N) is 1. The van der Waals surface area contributed by atoms with Gasteiger partial charge in [0.15, 0.2) is 0 Å². The molecular weight excluding hydrogens is 260 g/mol. The Balaban J connectivity index is 2.18. The highest BCUT2D eigenvalue weighted by molar-refractivity contribution is 7.12. The molecule has 1 aromatic rings. The first-order valence-electron chi connectivity index (χ1n) is 6.23. The normalized spacial score (nSPS) is 17.7. The number of nitrogens with zero attached hydrogens (tertiary/aromatic N) is 1. The number of amides is 1. The quantitative estimate of drug-likeness (QED) is 0.788. The Hall–Kier alpha value is -1.35. The first-order valence-corrected chi connectivity index (χ1v) is 7.11. The minimum Gasteiger partial charge on any atom is -0.372 e. The molecule has 0 atom stereocenters. The summed E-state index contributed by atoms with van der Waals surface area (Å²) in [6, 6.07) is 1.87. The van der Waals surface area contributed by atoms with Gasteiger partial charge in [-0.25, -0.2) is 0 Å². The average Bonchev–Trinajstić information content (AvgIpc) is 2.82. The Morgan fingerprint density at radius 1 is 1.63 bits per heavy atom. The summed E-state index contributed by atoms with van der Waals surface area (Å²) in [5, 5.41) is 1.89. The molecule has 2 rings (SSSR count). The van der Waals surface area contributed by atoms with Gasteiger partial charge in [0, 0.05) is 18.7 Å². The fourth-order valence-corrected chi connectivity index (χ4v) is 2.87. The fourth-order valence-electron chi connectivity index (χ4n) is 2.05. The highest BCUT2D eigenvalue weighted by Gasteiger charge is 2.31. The van der Waals surface area contributed by atoms with E-state index in [0.29, 0.717) is 31.1 Å². The molecule has 0 aromatic carbocycles. The van der Waals surface area contributed by atoms with Crippen molar-refractivity contribution in [1.29, 1.82) is 0 Å². The van der Waals surface area contributed by atoms with Crippen LogP contribution in [0.3, 0.4) is 0 Å². The maximum atomic E-state index is 12.5. The van der Waals surface area contributed by atoms with E-state index in [2.05, 4.69) is 11.8 Å². The zero-order valence-corrected chi connectivity index (χ0v) is 12.0. The Morgan fingerprint density at radius 2 is 2.42 bits per heavy atom. The van der Waals surface area contributed by atoms with Crippen LogP contribution in [0, 0.1) is 11.8 Å². The second-order valence-electron chi connectivity index (χ2n) is 5.00. The molecule has 5 heteroatoms.